The van der Waals surface area contributed by atoms with Crippen molar-refractivity contribution in [1.29, 1.82) is 0 Å². The molecule has 0 amide bonds. The SMILES string of the molecule is CCn1c(SCc2nn(-c3ccccc3)c3c2CCC3)nc2ccccc2c1=O. The van der Waals surface area contributed by atoms with Crippen molar-refractivity contribution in [3.63, 3.8) is 0 Å². The number of nitrogens with zero attached hydrogens (tertiary/aromatic N) is 4. The number of hydrogen-bond donors (Lipinski definition) is 0. The van der Waals surface area contributed by atoms with E-state index in [-0.39, 0.29) is 5.56 Å². The van der Waals surface area contributed by atoms with Crippen LogP contribution < -0.4 is 5.56 Å². The minimum atomic E-state index is 0.0284. The summed E-state index contributed by atoms with van der Waals surface area (Å²) in [6.07, 6.45) is 3.31. The van der Waals surface area contributed by atoms with Crippen molar-refractivity contribution >= 4 is 22.7 Å². The predicted molar refractivity (Wildman–Crippen MR) is 117 cm³/mol. The molecular weight excluding hydrogens is 380 g/mol. The van der Waals surface area contributed by atoms with Gasteiger partial charge in [0.25, 0.3) is 5.56 Å². The topological polar surface area (TPSA) is 52.7 Å². The summed E-state index contributed by atoms with van der Waals surface area (Å²) in [5.74, 6) is 0.715. The van der Waals surface area contributed by atoms with E-state index < -0.39 is 0 Å². The lowest BCUT2D eigenvalue weighted by Crippen LogP contribution is -2.22. The summed E-state index contributed by atoms with van der Waals surface area (Å²) in [7, 11) is 0. The van der Waals surface area contributed by atoms with E-state index in [2.05, 4.69) is 16.8 Å². The molecule has 2 aromatic carbocycles. The molecule has 4 aromatic rings. The number of aromatic nitrogens is 4. The molecule has 2 heterocycles. The zero-order valence-corrected chi connectivity index (χ0v) is 17.2. The molecule has 0 spiro atoms. The van der Waals surface area contributed by atoms with Gasteiger partial charge in [-0.1, -0.05) is 42.1 Å². The van der Waals surface area contributed by atoms with Crippen molar-refractivity contribution in [3.05, 3.63) is 81.9 Å². The van der Waals surface area contributed by atoms with E-state index in [9.17, 15) is 4.79 Å². The van der Waals surface area contributed by atoms with Crippen molar-refractivity contribution < 1.29 is 0 Å². The van der Waals surface area contributed by atoms with Gasteiger partial charge >= 0.3 is 0 Å². The smallest absolute Gasteiger partial charge is 0.262 e. The van der Waals surface area contributed by atoms with E-state index in [1.807, 2.05) is 49.4 Å². The first kappa shape index (κ1) is 18.2. The Morgan fingerprint density at radius 2 is 1.83 bits per heavy atom. The number of fused-ring (bicyclic) bond motifs is 2. The zero-order valence-electron chi connectivity index (χ0n) is 16.3. The highest BCUT2D eigenvalue weighted by molar-refractivity contribution is 7.98. The molecule has 0 saturated heterocycles. The van der Waals surface area contributed by atoms with Crippen LogP contribution in [-0.2, 0) is 25.1 Å². The van der Waals surface area contributed by atoms with Gasteiger partial charge in [-0.05, 0) is 56.0 Å². The average molecular weight is 403 g/mol. The van der Waals surface area contributed by atoms with Crippen molar-refractivity contribution in [2.24, 2.45) is 0 Å². The first-order valence-corrected chi connectivity index (χ1v) is 11.0. The molecule has 0 aliphatic heterocycles. The number of thioether (sulfide) groups is 1. The average Bonchev–Trinajstić information content (AvgIpc) is 3.36. The monoisotopic (exact) mass is 402 g/mol. The molecule has 0 radical (unpaired) electrons. The van der Waals surface area contributed by atoms with Crippen molar-refractivity contribution in [3.8, 4) is 5.69 Å². The van der Waals surface area contributed by atoms with Gasteiger partial charge in [0.2, 0.25) is 0 Å². The van der Waals surface area contributed by atoms with Crippen LogP contribution in [0.5, 0.6) is 0 Å². The first-order valence-electron chi connectivity index (χ1n) is 10.0. The van der Waals surface area contributed by atoms with E-state index in [4.69, 9.17) is 10.1 Å². The fourth-order valence-electron chi connectivity index (χ4n) is 4.08. The van der Waals surface area contributed by atoms with Gasteiger partial charge in [0.15, 0.2) is 5.16 Å². The first-order chi connectivity index (χ1) is 14.3. The van der Waals surface area contributed by atoms with Crippen LogP contribution in [-0.4, -0.2) is 19.3 Å². The molecule has 2 aromatic heterocycles. The van der Waals surface area contributed by atoms with Crippen LogP contribution in [0.2, 0.25) is 0 Å². The Morgan fingerprint density at radius 1 is 1.03 bits per heavy atom. The van der Waals surface area contributed by atoms with Crippen LogP contribution in [0.1, 0.15) is 30.3 Å². The maximum Gasteiger partial charge on any atom is 0.262 e. The Bertz CT molecular complexity index is 1240. The molecule has 0 unspecified atom stereocenters. The second-order valence-corrected chi connectivity index (χ2v) is 8.16. The van der Waals surface area contributed by atoms with E-state index in [0.717, 1.165) is 34.9 Å². The molecule has 0 atom stereocenters. The molecule has 5 nitrogen and oxygen atoms in total. The quantitative estimate of drug-likeness (QED) is 0.367. The van der Waals surface area contributed by atoms with Crippen LogP contribution in [0.3, 0.4) is 0 Å². The lowest BCUT2D eigenvalue weighted by molar-refractivity contribution is 0.634. The highest BCUT2D eigenvalue weighted by Gasteiger charge is 2.23. The number of hydrogen-bond acceptors (Lipinski definition) is 4. The van der Waals surface area contributed by atoms with E-state index >= 15 is 0 Å². The fourth-order valence-corrected chi connectivity index (χ4v) is 5.11. The highest BCUT2D eigenvalue weighted by Crippen LogP contribution is 2.31. The molecule has 1 aliphatic rings. The van der Waals surface area contributed by atoms with Gasteiger partial charge in [-0.15, -0.1) is 0 Å². The minimum absolute atomic E-state index is 0.0284. The molecule has 146 valence electrons. The summed E-state index contributed by atoms with van der Waals surface area (Å²) in [6.45, 7) is 2.60. The summed E-state index contributed by atoms with van der Waals surface area (Å²) < 4.78 is 3.86. The Morgan fingerprint density at radius 3 is 2.66 bits per heavy atom. The number of rotatable bonds is 5. The van der Waals surface area contributed by atoms with Crippen LogP contribution >= 0.6 is 11.8 Å². The summed E-state index contributed by atoms with van der Waals surface area (Å²) in [6, 6.07) is 17.9. The molecule has 0 fully saturated rings. The predicted octanol–water partition coefficient (Wildman–Crippen LogP) is 4.38. The fraction of sp³-hybridized carbons (Fsp3) is 0.261. The molecule has 0 saturated carbocycles. The lowest BCUT2D eigenvalue weighted by Gasteiger charge is -2.10. The highest BCUT2D eigenvalue weighted by atomic mass is 32.2. The second-order valence-electron chi connectivity index (χ2n) is 7.22. The lowest BCUT2D eigenvalue weighted by atomic mass is 10.2. The molecule has 29 heavy (non-hydrogen) atoms. The maximum absolute atomic E-state index is 12.9. The number of para-hydroxylation sites is 2. The summed E-state index contributed by atoms with van der Waals surface area (Å²) in [5.41, 5.74) is 5.69. The standard InChI is InChI=1S/C23H22N4OS/c1-2-26-22(28)18-11-6-7-13-19(18)24-23(26)29-15-20-17-12-8-14-21(17)27(25-20)16-9-4-3-5-10-16/h3-7,9-11,13H,2,8,12,14-15H2,1H3. The molecule has 1 aliphatic carbocycles. The summed E-state index contributed by atoms with van der Waals surface area (Å²) in [5, 5.41) is 6.37. The van der Waals surface area contributed by atoms with E-state index in [0.29, 0.717) is 17.7 Å². The van der Waals surface area contributed by atoms with Gasteiger partial charge in [-0.25, -0.2) is 9.67 Å². The van der Waals surface area contributed by atoms with Crippen LogP contribution in [0.4, 0.5) is 0 Å². The normalized spacial score (nSPS) is 13.1. The van der Waals surface area contributed by atoms with Crippen LogP contribution in [0.25, 0.3) is 16.6 Å². The van der Waals surface area contributed by atoms with Crippen molar-refractivity contribution in [2.45, 2.75) is 43.6 Å². The van der Waals surface area contributed by atoms with Gasteiger partial charge < -0.3 is 0 Å². The van der Waals surface area contributed by atoms with Gasteiger partial charge in [0, 0.05) is 18.0 Å². The molecule has 0 N–H and O–H groups in total. The third-order valence-electron chi connectivity index (χ3n) is 5.50. The van der Waals surface area contributed by atoms with Gasteiger partial charge in [0.1, 0.15) is 0 Å². The summed E-state index contributed by atoms with van der Waals surface area (Å²) in [4.78, 5) is 17.6. The van der Waals surface area contributed by atoms with Crippen LogP contribution in [0.15, 0.2) is 64.5 Å². The van der Waals surface area contributed by atoms with Crippen LogP contribution in [0, 0.1) is 0 Å². The second kappa shape index (κ2) is 7.52. The van der Waals surface area contributed by atoms with Gasteiger partial charge in [-0.3, -0.25) is 9.36 Å². The molecule has 6 heteroatoms. The third kappa shape index (κ3) is 3.17. The largest absolute Gasteiger partial charge is 0.287 e. The Labute approximate surface area is 173 Å². The van der Waals surface area contributed by atoms with E-state index in [1.54, 1.807) is 16.3 Å². The number of benzene rings is 2. The Kier molecular flexibility index (Phi) is 4.72. The van der Waals surface area contributed by atoms with Crippen molar-refractivity contribution in [2.75, 3.05) is 0 Å². The Hall–Kier alpha value is -2.86. The van der Waals surface area contributed by atoms with Crippen molar-refractivity contribution in [1.82, 2.24) is 19.3 Å². The zero-order chi connectivity index (χ0) is 19.8. The van der Waals surface area contributed by atoms with E-state index in [1.165, 1.54) is 17.7 Å². The molecular formula is C23H22N4OS. The Balaban J connectivity index is 1.51. The minimum Gasteiger partial charge on any atom is -0.287 e. The molecule has 5 rings (SSSR count). The van der Waals surface area contributed by atoms with Gasteiger partial charge in [0.05, 0.1) is 22.3 Å². The maximum atomic E-state index is 12.9. The van der Waals surface area contributed by atoms with Gasteiger partial charge in [-0.2, -0.15) is 5.10 Å². The molecule has 0 bridgehead atoms. The third-order valence-corrected chi connectivity index (χ3v) is 6.48. The summed E-state index contributed by atoms with van der Waals surface area (Å²) >= 11 is 1.60.